The van der Waals surface area contributed by atoms with Gasteiger partial charge < -0.3 is 10.6 Å². The molecule has 0 spiro atoms. The molecule has 94 valence electrons. The zero-order valence-electron chi connectivity index (χ0n) is 10.7. The van der Waals surface area contributed by atoms with Crippen LogP contribution in [0, 0.1) is 0 Å². The lowest BCUT2D eigenvalue weighted by molar-refractivity contribution is -0.119. The van der Waals surface area contributed by atoms with E-state index < -0.39 is 0 Å². The maximum Gasteiger partial charge on any atom is 0.221 e. The van der Waals surface area contributed by atoms with Crippen LogP contribution in [0.3, 0.4) is 0 Å². The second-order valence-corrected chi connectivity index (χ2v) is 6.77. The monoisotopic (exact) mass is 252 g/mol. The van der Waals surface area contributed by atoms with Gasteiger partial charge in [0, 0.05) is 35.3 Å². The van der Waals surface area contributed by atoms with Gasteiger partial charge in [0.05, 0.1) is 0 Å². The Bertz CT molecular complexity index is 406. The smallest absolute Gasteiger partial charge is 0.221 e. The number of thiophene rings is 1. The van der Waals surface area contributed by atoms with E-state index in [0.717, 1.165) is 13.1 Å². The van der Waals surface area contributed by atoms with Crippen molar-refractivity contribution in [1.29, 1.82) is 0 Å². The first-order valence-corrected chi connectivity index (χ1v) is 6.86. The topological polar surface area (TPSA) is 41.1 Å². The summed E-state index contributed by atoms with van der Waals surface area (Å²) < 4.78 is 0. The molecule has 3 nitrogen and oxygen atoms in total. The summed E-state index contributed by atoms with van der Waals surface area (Å²) in [5.41, 5.74) is 0.230. The Balaban J connectivity index is 1.87. The summed E-state index contributed by atoms with van der Waals surface area (Å²) in [5, 5.41) is 6.26. The Morgan fingerprint density at radius 2 is 2.24 bits per heavy atom. The van der Waals surface area contributed by atoms with Crippen molar-refractivity contribution < 1.29 is 4.79 Å². The Morgan fingerprint density at radius 1 is 1.47 bits per heavy atom. The maximum atomic E-state index is 11.1. The van der Waals surface area contributed by atoms with E-state index in [1.807, 2.05) is 11.3 Å². The van der Waals surface area contributed by atoms with Crippen molar-refractivity contribution in [3.8, 4) is 0 Å². The summed E-state index contributed by atoms with van der Waals surface area (Å²) in [6.45, 7) is 8.32. The van der Waals surface area contributed by atoms with Gasteiger partial charge in [0.1, 0.15) is 0 Å². The lowest BCUT2D eigenvalue weighted by Gasteiger charge is -2.15. The molecule has 0 radical (unpaired) electrons. The Kier molecular flexibility index (Phi) is 3.54. The van der Waals surface area contributed by atoms with E-state index >= 15 is 0 Å². The van der Waals surface area contributed by atoms with Crippen LogP contribution in [-0.4, -0.2) is 18.5 Å². The summed E-state index contributed by atoms with van der Waals surface area (Å²) >= 11 is 1.86. The highest BCUT2D eigenvalue weighted by Gasteiger charge is 2.21. The van der Waals surface area contributed by atoms with Crippen LogP contribution in [-0.2, 0) is 16.8 Å². The lowest BCUT2D eigenvalue weighted by atomic mass is 9.95. The molecule has 1 aromatic rings. The molecule has 0 bridgehead atoms. The van der Waals surface area contributed by atoms with Crippen LogP contribution < -0.4 is 10.6 Å². The minimum absolute atomic E-state index is 0.157. The van der Waals surface area contributed by atoms with Crippen LogP contribution in [0.15, 0.2) is 12.1 Å². The molecular weight excluding hydrogens is 232 g/mol. The number of amides is 1. The van der Waals surface area contributed by atoms with Gasteiger partial charge in [-0.05, 0) is 17.5 Å². The summed E-state index contributed by atoms with van der Waals surface area (Å²) in [7, 11) is 0. The molecule has 0 aromatic carbocycles. The lowest BCUT2D eigenvalue weighted by Crippen LogP contribution is -2.30. The fraction of sp³-hybridized carbons (Fsp3) is 0.615. The largest absolute Gasteiger partial charge is 0.354 e. The first-order chi connectivity index (χ1) is 7.95. The molecule has 4 heteroatoms. The van der Waals surface area contributed by atoms with E-state index in [2.05, 4.69) is 43.5 Å². The van der Waals surface area contributed by atoms with Crippen molar-refractivity contribution in [3.05, 3.63) is 21.9 Å². The summed E-state index contributed by atoms with van der Waals surface area (Å²) in [5.74, 6) is 0.157. The van der Waals surface area contributed by atoms with Gasteiger partial charge in [-0.15, -0.1) is 11.3 Å². The number of nitrogens with one attached hydrogen (secondary N) is 2. The zero-order valence-corrected chi connectivity index (χ0v) is 11.5. The van der Waals surface area contributed by atoms with Crippen LogP contribution in [0.5, 0.6) is 0 Å². The number of hydrogen-bond donors (Lipinski definition) is 2. The Hall–Kier alpha value is -0.870. The number of hydrogen-bond acceptors (Lipinski definition) is 3. The predicted molar refractivity (Wildman–Crippen MR) is 71.3 cm³/mol. The highest BCUT2D eigenvalue weighted by Crippen LogP contribution is 2.29. The third-order valence-corrected chi connectivity index (χ3v) is 4.45. The molecule has 1 unspecified atom stereocenters. The average Bonchev–Trinajstić information content (AvgIpc) is 2.82. The summed E-state index contributed by atoms with van der Waals surface area (Å²) in [6, 6.07) is 4.69. The second kappa shape index (κ2) is 4.78. The van der Waals surface area contributed by atoms with Crippen molar-refractivity contribution in [2.45, 2.75) is 45.2 Å². The van der Waals surface area contributed by atoms with Crippen molar-refractivity contribution >= 4 is 17.2 Å². The average molecular weight is 252 g/mol. The van der Waals surface area contributed by atoms with E-state index in [0.29, 0.717) is 12.5 Å². The molecular formula is C13H20N2OS. The van der Waals surface area contributed by atoms with Crippen LogP contribution in [0.25, 0.3) is 0 Å². The Labute approximate surface area is 107 Å². The standard InChI is InChI=1S/C13H20N2OS/c1-13(2,3)11-5-4-10(17-11)8-14-9-6-12(16)15-7-9/h4-5,9,14H,6-8H2,1-3H3,(H,15,16). The molecule has 0 saturated carbocycles. The van der Waals surface area contributed by atoms with Crippen molar-refractivity contribution in [2.75, 3.05) is 6.54 Å². The SMILES string of the molecule is CC(C)(C)c1ccc(CNC2CNC(=O)C2)s1. The van der Waals surface area contributed by atoms with Gasteiger partial charge in [0.2, 0.25) is 5.91 Å². The molecule has 1 aliphatic rings. The molecule has 2 rings (SSSR count). The third kappa shape index (κ3) is 3.30. The molecule has 1 fully saturated rings. The van der Waals surface area contributed by atoms with Crippen molar-refractivity contribution in [2.24, 2.45) is 0 Å². The molecule has 2 heterocycles. The minimum Gasteiger partial charge on any atom is -0.354 e. The van der Waals surface area contributed by atoms with Crippen molar-refractivity contribution in [3.63, 3.8) is 0 Å². The van der Waals surface area contributed by atoms with Crippen LogP contribution in [0.2, 0.25) is 0 Å². The Morgan fingerprint density at radius 3 is 2.76 bits per heavy atom. The van der Waals surface area contributed by atoms with Gasteiger partial charge in [0.25, 0.3) is 0 Å². The number of carbonyl (C=O) groups excluding carboxylic acids is 1. The fourth-order valence-electron chi connectivity index (χ4n) is 1.87. The molecule has 1 saturated heterocycles. The molecule has 17 heavy (non-hydrogen) atoms. The number of carbonyl (C=O) groups is 1. The van der Waals surface area contributed by atoms with Gasteiger partial charge >= 0.3 is 0 Å². The van der Waals surface area contributed by atoms with E-state index in [-0.39, 0.29) is 11.3 Å². The quantitative estimate of drug-likeness (QED) is 0.864. The van der Waals surface area contributed by atoms with Gasteiger partial charge in [-0.1, -0.05) is 20.8 Å². The van der Waals surface area contributed by atoms with Crippen LogP contribution >= 0.6 is 11.3 Å². The van der Waals surface area contributed by atoms with Crippen LogP contribution in [0.1, 0.15) is 36.9 Å². The highest BCUT2D eigenvalue weighted by molar-refractivity contribution is 7.12. The molecule has 1 atom stereocenters. The van der Waals surface area contributed by atoms with E-state index in [9.17, 15) is 4.79 Å². The zero-order chi connectivity index (χ0) is 12.5. The number of rotatable bonds is 3. The first kappa shape index (κ1) is 12.6. The van der Waals surface area contributed by atoms with E-state index in [1.165, 1.54) is 9.75 Å². The van der Waals surface area contributed by atoms with Crippen LogP contribution in [0.4, 0.5) is 0 Å². The first-order valence-electron chi connectivity index (χ1n) is 6.04. The highest BCUT2D eigenvalue weighted by atomic mass is 32.1. The predicted octanol–water partition coefficient (Wildman–Crippen LogP) is 2.02. The fourth-order valence-corrected chi connectivity index (χ4v) is 2.89. The minimum atomic E-state index is 0.157. The molecule has 1 aliphatic heterocycles. The molecule has 1 amide bonds. The van der Waals surface area contributed by atoms with Gasteiger partial charge in [-0.25, -0.2) is 0 Å². The van der Waals surface area contributed by atoms with E-state index in [4.69, 9.17) is 0 Å². The molecule has 1 aromatic heterocycles. The summed E-state index contributed by atoms with van der Waals surface area (Å²) in [4.78, 5) is 13.8. The molecule has 2 N–H and O–H groups in total. The van der Waals surface area contributed by atoms with Gasteiger partial charge in [-0.2, -0.15) is 0 Å². The second-order valence-electron chi connectivity index (χ2n) is 5.60. The normalized spacial score (nSPS) is 20.6. The van der Waals surface area contributed by atoms with Gasteiger partial charge in [0.15, 0.2) is 0 Å². The van der Waals surface area contributed by atoms with Crippen molar-refractivity contribution in [1.82, 2.24) is 10.6 Å². The van der Waals surface area contributed by atoms with Gasteiger partial charge in [-0.3, -0.25) is 4.79 Å². The maximum absolute atomic E-state index is 11.1. The van der Waals surface area contributed by atoms with E-state index in [1.54, 1.807) is 0 Å². The summed E-state index contributed by atoms with van der Waals surface area (Å²) in [6.07, 6.45) is 0.609. The third-order valence-electron chi connectivity index (χ3n) is 2.94. The molecule has 0 aliphatic carbocycles.